The number of methoxy groups -OCH3 is 1. The molecule has 0 spiro atoms. The molecule has 1 amide bonds. The van der Waals surface area contributed by atoms with Crippen LogP contribution < -0.4 is 10.5 Å². The van der Waals surface area contributed by atoms with Crippen LogP contribution in [0.4, 0.5) is 0 Å². The zero-order chi connectivity index (χ0) is 17.6. The van der Waals surface area contributed by atoms with Crippen molar-refractivity contribution in [3.05, 3.63) is 42.0 Å². The molecule has 1 aliphatic heterocycles. The highest BCUT2D eigenvalue weighted by Gasteiger charge is 2.25. The Balaban J connectivity index is 1.71. The van der Waals surface area contributed by atoms with Gasteiger partial charge in [-0.3, -0.25) is 4.79 Å². The summed E-state index contributed by atoms with van der Waals surface area (Å²) in [5.74, 6) is 0.874. The number of ether oxygens (including phenoxy) is 2. The first-order valence-corrected chi connectivity index (χ1v) is 8.91. The maximum atomic E-state index is 13.0. The number of hydrogen-bond acceptors (Lipinski definition) is 4. The SMILES string of the molecule is COc1ccc(C(=O)N2CCC(OCCCN)CC2)c2ccccc12. The van der Waals surface area contributed by atoms with E-state index in [-0.39, 0.29) is 12.0 Å². The van der Waals surface area contributed by atoms with Gasteiger partial charge in [0.2, 0.25) is 0 Å². The minimum atomic E-state index is 0.0826. The van der Waals surface area contributed by atoms with E-state index in [4.69, 9.17) is 15.2 Å². The summed E-state index contributed by atoms with van der Waals surface area (Å²) in [6, 6.07) is 11.6. The van der Waals surface area contributed by atoms with Crippen molar-refractivity contribution in [1.82, 2.24) is 4.90 Å². The molecule has 0 saturated carbocycles. The molecule has 0 bridgehead atoms. The first kappa shape index (κ1) is 17.7. The van der Waals surface area contributed by atoms with Crippen LogP contribution in [0.2, 0.25) is 0 Å². The van der Waals surface area contributed by atoms with Gasteiger partial charge in [-0.25, -0.2) is 0 Å². The molecule has 5 heteroatoms. The van der Waals surface area contributed by atoms with Gasteiger partial charge in [-0.2, -0.15) is 0 Å². The number of carbonyl (C=O) groups excluding carboxylic acids is 1. The van der Waals surface area contributed by atoms with Crippen LogP contribution in [0.1, 0.15) is 29.6 Å². The fraction of sp³-hybridized carbons (Fsp3) is 0.450. The third-order valence-corrected chi connectivity index (χ3v) is 4.77. The van der Waals surface area contributed by atoms with Crippen LogP contribution in [-0.4, -0.2) is 50.3 Å². The van der Waals surface area contributed by atoms with Gasteiger partial charge in [-0.15, -0.1) is 0 Å². The average molecular weight is 342 g/mol. The zero-order valence-corrected chi connectivity index (χ0v) is 14.7. The summed E-state index contributed by atoms with van der Waals surface area (Å²) in [4.78, 5) is 14.9. The number of fused-ring (bicyclic) bond motifs is 1. The van der Waals surface area contributed by atoms with Crippen molar-refractivity contribution >= 4 is 16.7 Å². The fourth-order valence-corrected chi connectivity index (χ4v) is 3.37. The van der Waals surface area contributed by atoms with E-state index in [0.29, 0.717) is 13.2 Å². The second-order valence-electron chi connectivity index (χ2n) is 6.37. The first-order chi connectivity index (χ1) is 12.2. The molecule has 0 atom stereocenters. The number of hydrogen-bond donors (Lipinski definition) is 1. The van der Waals surface area contributed by atoms with Crippen LogP contribution in [-0.2, 0) is 4.74 Å². The van der Waals surface area contributed by atoms with Gasteiger partial charge in [0.15, 0.2) is 0 Å². The highest BCUT2D eigenvalue weighted by atomic mass is 16.5. The van der Waals surface area contributed by atoms with Crippen molar-refractivity contribution in [1.29, 1.82) is 0 Å². The first-order valence-electron chi connectivity index (χ1n) is 8.91. The van der Waals surface area contributed by atoms with Gasteiger partial charge in [0, 0.05) is 30.6 Å². The van der Waals surface area contributed by atoms with Gasteiger partial charge in [0.05, 0.1) is 13.2 Å². The third-order valence-electron chi connectivity index (χ3n) is 4.77. The quantitative estimate of drug-likeness (QED) is 0.820. The minimum Gasteiger partial charge on any atom is -0.496 e. The number of likely N-dealkylation sites (tertiary alicyclic amines) is 1. The highest BCUT2D eigenvalue weighted by molar-refractivity contribution is 6.08. The van der Waals surface area contributed by atoms with Crippen molar-refractivity contribution in [2.24, 2.45) is 5.73 Å². The summed E-state index contributed by atoms with van der Waals surface area (Å²) >= 11 is 0. The number of benzene rings is 2. The molecule has 5 nitrogen and oxygen atoms in total. The molecule has 1 heterocycles. The monoisotopic (exact) mass is 342 g/mol. The summed E-state index contributed by atoms with van der Waals surface area (Å²) in [7, 11) is 1.65. The van der Waals surface area contributed by atoms with E-state index in [2.05, 4.69) is 0 Å². The Morgan fingerprint density at radius 1 is 1.16 bits per heavy atom. The van der Waals surface area contributed by atoms with Gasteiger partial charge < -0.3 is 20.1 Å². The molecule has 2 aromatic rings. The molecule has 2 N–H and O–H groups in total. The Kier molecular flexibility index (Phi) is 5.89. The van der Waals surface area contributed by atoms with E-state index in [9.17, 15) is 4.79 Å². The van der Waals surface area contributed by atoms with E-state index < -0.39 is 0 Å². The van der Waals surface area contributed by atoms with Crippen LogP contribution in [0.5, 0.6) is 5.75 Å². The van der Waals surface area contributed by atoms with Crippen LogP contribution in [0.15, 0.2) is 36.4 Å². The summed E-state index contributed by atoms with van der Waals surface area (Å²) in [5.41, 5.74) is 6.23. The lowest BCUT2D eigenvalue weighted by Crippen LogP contribution is -2.41. The molecule has 2 aromatic carbocycles. The summed E-state index contributed by atoms with van der Waals surface area (Å²) in [6.07, 6.45) is 2.88. The molecule has 134 valence electrons. The average Bonchev–Trinajstić information content (AvgIpc) is 2.67. The lowest BCUT2D eigenvalue weighted by molar-refractivity contribution is 0.00850. The molecular weight excluding hydrogens is 316 g/mol. The van der Waals surface area contributed by atoms with Crippen LogP contribution in [0, 0.1) is 0 Å². The molecule has 0 aliphatic carbocycles. The van der Waals surface area contributed by atoms with Gasteiger partial charge in [-0.05, 0) is 43.3 Å². The predicted octanol–water partition coefficient (Wildman–Crippen LogP) is 2.82. The molecular formula is C20H26N2O3. The van der Waals surface area contributed by atoms with Crippen molar-refractivity contribution in [2.75, 3.05) is 33.4 Å². The number of nitrogens with zero attached hydrogens (tertiary/aromatic N) is 1. The summed E-state index contributed by atoms with van der Waals surface area (Å²) in [5, 5.41) is 1.91. The lowest BCUT2D eigenvalue weighted by atomic mass is 10.0. The molecule has 3 rings (SSSR count). The van der Waals surface area contributed by atoms with Crippen molar-refractivity contribution < 1.29 is 14.3 Å². The highest BCUT2D eigenvalue weighted by Crippen LogP contribution is 2.29. The van der Waals surface area contributed by atoms with Crippen LogP contribution in [0.3, 0.4) is 0 Å². The van der Waals surface area contributed by atoms with Crippen molar-refractivity contribution in [3.8, 4) is 5.75 Å². The fourth-order valence-electron chi connectivity index (χ4n) is 3.37. The normalized spacial score (nSPS) is 15.5. The second kappa shape index (κ2) is 8.32. The van der Waals surface area contributed by atoms with Gasteiger partial charge in [-0.1, -0.05) is 24.3 Å². The largest absolute Gasteiger partial charge is 0.496 e. The Hall–Kier alpha value is -2.11. The topological polar surface area (TPSA) is 64.8 Å². The molecule has 0 unspecified atom stereocenters. The number of nitrogens with two attached hydrogens (primary N) is 1. The standard InChI is InChI=1S/C20H26N2O3/c1-24-19-8-7-18(16-5-2-3-6-17(16)19)20(23)22-12-9-15(10-13-22)25-14-4-11-21/h2-3,5-8,15H,4,9-14,21H2,1H3. The summed E-state index contributed by atoms with van der Waals surface area (Å²) < 4.78 is 11.2. The molecule has 25 heavy (non-hydrogen) atoms. The van der Waals surface area contributed by atoms with Crippen molar-refractivity contribution in [2.45, 2.75) is 25.4 Å². The molecule has 1 fully saturated rings. The van der Waals surface area contributed by atoms with Gasteiger partial charge >= 0.3 is 0 Å². The Labute approximate surface area is 148 Å². The number of carbonyl (C=O) groups is 1. The van der Waals surface area contributed by atoms with E-state index >= 15 is 0 Å². The van der Waals surface area contributed by atoms with Gasteiger partial charge in [0.25, 0.3) is 5.91 Å². The zero-order valence-electron chi connectivity index (χ0n) is 14.7. The minimum absolute atomic E-state index is 0.0826. The summed E-state index contributed by atoms with van der Waals surface area (Å²) in [6.45, 7) is 2.82. The predicted molar refractivity (Wildman–Crippen MR) is 99.0 cm³/mol. The Morgan fingerprint density at radius 3 is 2.56 bits per heavy atom. The van der Waals surface area contributed by atoms with E-state index in [1.807, 2.05) is 41.3 Å². The number of rotatable bonds is 6. The Morgan fingerprint density at radius 2 is 1.88 bits per heavy atom. The Bertz CT molecular complexity index is 724. The van der Waals surface area contributed by atoms with E-state index in [1.54, 1.807) is 7.11 Å². The molecule has 1 saturated heterocycles. The van der Waals surface area contributed by atoms with E-state index in [0.717, 1.165) is 54.4 Å². The number of piperidine rings is 1. The maximum absolute atomic E-state index is 13.0. The third kappa shape index (κ3) is 3.94. The van der Waals surface area contributed by atoms with E-state index in [1.165, 1.54) is 0 Å². The van der Waals surface area contributed by atoms with Crippen LogP contribution in [0.25, 0.3) is 10.8 Å². The van der Waals surface area contributed by atoms with Gasteiger partial charge in [0.1, 0.15) is 5.75 Å². The molecule has 0 aromatic heterocycles. The number of amides is 1. The second-order valence-corrected chi connectivity index (χ2v) is 6.37. The maximum Gasteiger partial charge on any atom is 0.254 e. The van der Waals surface area contributed by atoms with Crippen LogP contribution >= 0.6 is 0 Å². The lowest BCUT2D eigenvalue weighted by Gasteiger charge is -2.32. The smallest absolute Gasteiger partial charge is 0.254 e. The van der Waals surface area contributed by atoms with Crippen molar-refractivity contribution in [3.63, 3.8) is 0 Å². The molecule has 0 radical (unpaired) electrons. The molecule has 1 aliphatic rings.